The van der Waals surface area contributed by atoms with Gasteiger partial charge in [-0.2, -0.15) is 36.3 Å². The van der Waals surface area contributed by atoms with Gasteiger partial charge in [0, 0.05) is 0 Å². The molecule has 0 saturated heterocycles. The van der Waals surface area contributed by atoms with E-state index in [9.17, 15) is 26.3 Å². The molecule has 0 bridgehead atoms. The molecule has 5 nitrogen and oxygen atoms in total. The summed E-state index contributed by atoms with van der Waals surface area (Å²) in [6.07, 6.45) is -8.55. The van der Waals surface area contributed by atoms with Gasteiger partial charge < -0.3 is 9.47 Å². The van der Waals surface area contributed by atoms with E-state index in [0.29, 0.717) is 6.33 Å². The van der Waals surface area contributed by atoms with Gasteiger partial charge in [0.2, 0.25) is 0 Å². The molecule has 0 aromatic carbocycles. The molecule has 0 aliphatic carbocycles. The molecule has 1 aromatic rings. The molecule has 0 fully saturated rings. The molecule has 0 spiro atoms. The van der Waals surface area contributed by atoms with E-state index in [1.165, 1.54) is 0 Å². The van der Waals surface area contributed by atoms with Crippen LogP contribution in [0.25, 0.3) is 0 Å². The summed E-state index contributed by atoms with van der Waals surface area (Å²) in [4.78, 5) is 9.47. The SMILES string of the molecule is FC(F)(F)COc1ncnc(OCC(F)(F)F)n1. The molecule has 11 heteroatoms. The van der Waals surface area contributed by atoms with E-state index >= 15 is 0 Å². The molecule has 1 rings (SSSR count). The fourth-order valence-electron chi connectivity index (χ4n) is 0.699. The molecule has 0 amide bonds. The summed E-state index contributed by atoms with van der Waals surface area (Å²) < 4.78 is 78.8. The van der Waals surface area contributed by atoms with Crippen LogP contribution >= 0.6 is 0 Å². The zero-order chi connectivity index (χ0) is 13.8. The van der Waals surface area contributed by atoms with Crippen molar-refractivity contribution in [2.75, 3.05) is 13.2 Å². The van der Waals surface area contributed by atoms with Gasteiger partial charge in [0.1, 0.15) is 6.33 Å². The third kappa shape index (κ3) is 6.06. The topological polar surface area (TPSA) is 57.1 Å². The van der Waals surface area contributed by atoms with E-state index < -0.39 is 37.6 Å². The maximum Gasteiger partial charge on any atom is 0.422 e. The summed E-state index contributed by atoms with van der Waals surface area (Å²) in [6, 6.07) is -1.56. The van der Waals surface area contributed by atoms with Crippen LogP contribution in [0.5, 0.6) is 12.0 Å². The predicted molar refractivity (Wildman–Crippen MR) is 42.9 cm³/mol. The number of ether oxygens (including phenoxy) is 2. The van der Waals surface area contributed by atoms with E-state index in [4.69, 9.17) is 0 Å². The molecule has 0 aliphatic rings. The van der Waals surface area contributed by atoms with Crippen LogP contribution in [-0.4, -0.2) is 40.5 Å². The quantitative estimate of drug-likeness (QED) is 0.785. The van der Waals surface area contributed by atoms with Crippen molar-refractivity contribution in [2.45, 2.75) is 12.4 Å². The lowest BCUT2D eigenvalue weighted by Crippen LogP contribution is -2.21. The fourth-order valence-corrected chi connectivity index (χ4v) is 0.699. The molecule has 102 valence electrons. The van der Waals surface area contributed by atoms with Gasteiger partial charge in [0.15, 0.2) is 13.2 Å². The minimum absolute atomic E-state index is 0.671. The Morgan fingerprint density at radius 3 is 1.56 bits per heavy atom. The second-order valence-corrected chi connectivity index (χ2v) is 2.86. The first-order chi connectivity index (χ1) is 8.16. The molecule has 18 heavy (non-hydrogen) atoms. The molecule has 1 heterocycles. The highest BCUT2D eigenvalue weighted by Crippen LogP contribution is 2.18. The van der Waals surface area contributed by atoms with Gasteiger partial charge in [-0.1, -0.05) is 0 Å². The largest absolute Gasteiger partial charge is 0.454 e. The average molecular weight is 277 g/mol. The van der Waals surface area contributed by atoms with Crippen LogP contribution in [0.4, 0.5) is 26.3 Å². The van der Waals surface area contributed by atoms with Crippen molar-refractivity contribution in [3.8, 4) is 12.0 Å². The Labute approximate surface area is 95.8 Å². The van der Waals surface area contributed by atoms with Gasteiger partial charge >= 0.3 is 24.4 Å². The average Bonchev–Trinajstić information content (AvgIpc) is 2.22. The van der Waals surface area contributed by atoms with Gasteiger partial charge in [0.25, 0.3) is 0 Å². The van der Waals surface area contributed by atoms with Crippen molar-refractivity contribution >= 4 is 0 Å². The van der Waals surface area contributed by atoms with Crippen molar-refractivity contribution in [1.82, 2.24) is 15.0 Å². The zero-order valence-corrected chi connectivity index (χ0v) is 8.42. The summed E-state index contributed by atoms with van der Waals surface area (Å²) in [5, 5.41) is 0. The van der Waals surface area contributed by atoms with E-state index in [-0.39, 0.29) is 0 Å². The number of aromatic nitrogens is 3. The third-order valence-corrected chi connectivity index (χ3v) is 1.26. The second-order valence-electron chi connectivity index (χ2n) is 2.86. The summed E-state index contributed by atoms with van der Waals surface area (Å²) in [5.74, 6) is 0. The number of alkyl halides is 6. The molecule has 1 aromatic heterocycles. The van der Waals surface area contributed by atoms with E-state index in [2.05, 4.69) is 24.4 Å². The molecule has 0 saturated carbocycles. The minimum Gasteiger partial charge on any atom is -0.454 e. The summed E-state index contributed by atoms with van der Waals surface area (Å²) in [7, 11) is 0. The first-order valence-corrected chi connectivity index (χ1v) is 4.24. The van der Waals surface area contributed by atoms with Crippen LogP contribution in [0.2, 0.25) is 0 Å². The smallest absolute Gasteiger partial charge is 0.422 e. The maximum absolute atomic E-state index is 11.8. The summed E-state index contributed by atoms with van der Waals surface area (Å²) in [5.41, 5.74) is 0. The van der Waals surface area contributed by atoms with Crippen LogP contribution < -0.4 is 9.47 Å². The fraction of sp³-hybridized carbons (Fsp3) is 0.571. The highest BCUT2D eigenvalue weighted by molar-refractivity contribution is 4.99. The molecular formula is C7H5F6N3O2. The summed E-state index contributed by atoms with van der Waals surface area (Å²) >= 11 is 0. The lowest BCUT2D eigenvalue weighted by atomic mass is 10.7. The molecule has 0 N–H and O–H groups in total. The minimum atomic E-state index is -4.61. The standard InChI is InChI=1S/C7H5F6N3O2/c8-6(9,10)1-17-4-14-3-15-5(16-4)18-2-7(11,12)13/h3H,1-2H2. The first kappa shape index (κ1) is 14.3. The lowest BCUT2D eigenvalue weighted by molar-refractivity contribution is -0.156. The highest BCUT2D eigenvalue weighted by Gasteiger charge is 2.30. The van der Waals surface area contributed by atoms with Crippen molar-refractivity contribution in [3.05, 3.63) is 6.33 Å². The first-order valence-electron chi connectivity index (χ1n) is 4.24. The Morgan fingerprint density at radius 2 is 1.22 bits per heavy atom. The van der Waals surface area contributed by atoms with Crippen LogP contribution in [0.3, 0.4) is 0 Å². The number of hydrogen-bond donors (Lipinski definition) is 0. The highest BCUT2D eigenvalue weighted by atomic mass is 19.4. The third-order valence-electron chi connectivity index (χ3n) is 1.26. The number of hydrogen-bond acceptors (Lipinski definition) is 5. The zero-order valence-electron chi connectivity index (χ0n) is 8.42. The maximum atomic E-state index is 11.8. The second kappa shape index (κ2) is 5.23. The lowest BCUT2D eigenvalue weighted by Gasteiger charge is -2.09. The Hall–Kier alpha value is -1.81. The van der Waals surface area contributed by atoms with Crippen molar-refractivity contribution < 1.29 is 35.8 Å². The molecule has 0 radical (unpaired) electrons. The molecule has 0 aliphatic heterocycles. The number of halogens is 6. The van der Waals surface area contributed by atoms with E-state index in [0.717, 1.165) is 0 Å². The van der Waals surface area contributed by atoms with Gasteiger partial charge in [0.05, 0.1) is 0 Å². The van der Waals surface area contributed by atoms with Crippen LogP contribution in [-0.2, 0) is 0 Å². The number of rotatable bonds is 4. The van der Waals surface area contributed by atoms with Crippen molar-refractivity contribution in [2.24, 2.45) is 0 Å². The van der Waals surface area contributed by atoms with Gasteiger partial charge in [-0.25, -0.2) is 0 Å². The Morgan fingerprint density at radius 1 is 0.833 bits per heavy atom. The van der Waals surface area contributed by atoms with E-state index in [1.807, 2.05) is 0 Å². The monoisotopic (exact) mass is 277 g/mol. The molecular weight excluding hydrogens is 272 g/mol. The number of nitrogens with zero attached hydrogens (tertiary/aromatic N) is 3. The molecule has 0 atom stereocenters. The van der Waals surface area contributed by atoms with Gasteiger partial charge in [-0.3, -0.25) is 0 Å². The summed E-state index contributed by atoms with van der Waals surface area (Å²) in [6.45, 7) is -3.34. The van der Waals surface area contributed by atoms with Crippen LogP contribution in [0, 0.1) is 0 Å². The predicted octanol–water partition coefficient (Wildman–Crippen LogP) is 1.75. The Bertz CT molecular complexity index is 360. The van der Waals surface area contributed by atoms with Crippen molar-refractivity contribution in [1.29, 1.82) is 0 Å². The van der Waals surface area contributed by atoms with Gasteiger partial charge in [-0.15, -0.1) is 4.98 Å². The normalized spacial score (nSPS) is 12.3. The van der Waals surface area contributed by atoms with Crippen molar-refractivity contribution in [3.63, 3.8) is 0 Å². The van der Waals surface area contributed by atoms with Crippen LogP contribution in [0.15, 0.2) is 6.33 Å². The Kier molecular flexibility index (Phi) is 4.14. The van der Waals surface area contributed by atoms with Gasteiger partial charge in [-0.05, 0) is 0 Å². The Balaban J connectivity index is 2.57. The van der Waals surface area contributed by atoms with Crippen LogP contribution in [0.1, 0.15) is 0 Å². The molecule has 0 unspecified atom stereocenters. The van der Waals surface area contributed by atoms with E-state index in [1.54, 1.807) is 0 Å².